The number of nitrogens with zero attached hydrogens (tertiary/aromatic N) is 2. The van der Waals surface area contributed by atoms with E-state index in [0.29, 0.717) is 37.7 Å². The van der Waals surface area contributed by atoms with Gasteiger partial charge in [-0.05, 0) is 65.8 Å². The first kappa shape index (κ1) is 24.9. The molecule has 4 rings (SSSR count). The zero-order valence-corrected chi connectivity index (χ0v) is 21.1. The molecule has 1 aliphatic heterocycles. The standard InChI is InChI=1S/C27H35N3O5/c1-29(2)27(32)35-22-6-5-20-13-21(23(20)16-22)17-28-10-7-26(31)30-11-8-18-14-24(33-3)25(34-4)15-19(18)9-12-30/h5-6,14-16,21,28H,7-13,17H2,1-4H3. The second-order valence-electron chi connectivity index (χ2n) is 9.33. The van der Waals surface area contributed by atoms with Gasteiger partial charge in [0.2, 0.25) is 5.91 Å². The highest BCUT2D eigenvalue weighted by Gasteiger charge is 2.27. The third-order valence-corrected chi connectivity index (χ3v) is 6.86. The highest BCUT2D eigenvalue weighted by Crippen LogP contribution is 2.37. The molecule has 0 aromatic heterocycles. The van der Waals surface area contributed by atoms with Gasteiger partial charge in [0.1, 0.15) is 5.75 Å². The minimum Gasteiger partial charge on any atom is -0.493 e. The molecule has 2 aromatic rings. The number of hydrogen-bond acceptors (Lipinski definition) is 6. The Hall–Kier alpha value is -3.26. The monoisotopic (exact) mass is 481 g/mol. The van der Waals surface area contributed by atoms with Gasteiger partial charge in [0.15, 0.2) is 11.5 Å². The molecule has 1 heterocycles. The molecule has 188 valence electrons. The van der Waals surface area contributed by atoms with E-state index in [4.69, 9.17) is 14.2 Å². The average molecular weight is 482 g/mol. The summed E-state index contributed by atoms with van der Waals surface area (Å²) in [7, 11) is 6.61. The van der Waals surface area contributed by atoms with E-state index < -0.39 is 0 Å². The minimum atomic E-state index is -0.382. The quantitative estimate of drug-likeness (QED) is 0.584. The average Bonchev–Trinajstić information content (AvgIpc) is 3.06. The Bertz CT molecular complexity index is 1050. The molecule has 2 aromatic carbocycles. The highest BCUT2D eigenvalue weighted by atomic mass is 16.6. The number of fused-ring (bicyclic) bond motifs is 2. The first-order valence-corrected chi connectivity index (χ1v) is 12.1. The number of ether oxygens (including phenoxy) is 3. The summed E-state index contributed by atoms with van der Waals surface area (Å²) in [6.07, 6.45) is 2.72. The summed E-state index contributed by atoms with van der Waals surface area (Å²) in [6, 6.07) is 9.89. The smallest absolute Gasteiger partial charge is 0.414 e. The van der Waals surface area contributed by atoms with Crippen LogP contribution in [0, 0.1) is 0 Å². The van der Waals surface area contributed by atoms with E-state index in [1.807, 2.05) is 35.2 Å². The van der Waals surface area contributed by atoms with Crippen LogP contribution in [0.1, 0.15) is 34.6 Å². The van der Waals surface area contributed by atoms with Gasteiger partial charge in [-0.25, -0.2) is 4.79 Å². The second-order valence-corrected chi connectivity index (χ2v) is 9.33. The van der Waals surface area contributed by atoms with E-state index in [9.17, 15) is 9.59 Å². The van der Waals surface area contributed by atoms with Crippen LogP contribution < -0.4 is 19.5 Å². The van der Waals surface area contributed by atoms with Crippen LogP contribution in [-0.4, -0.2) is 76.3 Å². The fraction of sp³-hybridized carbons (Fsp3) is 0.481. The Balaban J connectivity index is 1.23. The van der Waals surface area contributed by atoms with Gasteiger partial charge < -0.3 is 29.3 Å². The van der Waals surface area contributed by atoms with Crippen LogP contribution in [0.4, 0.5) is 4.79 Å². The molecule has 8 nitrogen and oxygen atoms in total. The SMILES string of the molecule is COc1cc2c(cc1OC)CCN(C(=O)CCNCC1Cc3ccc(OC(=O)N(C)C)cc31)CC2. The largest absolute Gasteiger partial charge is 0.493 e. The summed E-state index contributed by atoms with van der Waals surface area (Å²) in [5, 5.41) is 3.44. The third-order valence-electron chi connectivity index (χ3n) is 6.86. The Morgan fingerprint density at radius 2 is 1.66 bits per heavy atom. The van der Waals surface area contributed by atoms with E-state index in [2.05, 4.69) is 5.32 Å². The topological polar surface area (TPSA) is 80.3 Å². The van der Waals surface area contributed by atoms with Gasteiger partial charge in [-0.2, -0.15) is 0 Å². The molecule has 0 saturated carbocycles. The number of carbonyl (C=O) groups excluding carboxylic acids is 2. The van der Waals surface area contributed by atoms with Crippen molar-refractivity contribution in [2.75, 3.05) is 54.5 Å². The lowest BCUT2D eigenvalue weighted by Gasteiger charge is -2.31. The van der Waals surface area contributed by atoms with Gasteiger partial charge >= 0.3 is 6.09 Å². The zero-order valence-electron chi connectivity index (χ0n) is 21.1. The Morgan fingerprint density at radius 3 is 2.26 bits per heavy atom. The fourth-order valence-corrected chi connectivity index (χ4v) is 4.75. The fourth-order valence-electron chi connectivity index (χ4n) is 4.75. The number of nitrogens with one attached hydrogen (secondary N) is 1. The third kappa shape index (κ3) is 5.70. The normalized spacial score (nSPS) is 16.3. The molecule has 0 bridgehead atoms. The van der Waals surface area contributed by atoms with Crippen molar-refractivity contribution in [2.24, 2.45) is 0 Å². The predicted molar refractivity (Wildman–Crippen MR) is 134 cm³/mol. The van der Waals surface area contributed by atoms with Crippen LogP contribution >= 0.6 is 0 Å². The number of benzene rings is 2. The minimum absolute atomic E-state index is 0.177. The molecule has 0 saturated heterocycles. The van der Waals surface area contributed by atoms with Gasteiger partial charge in [0, 0.05) is 52.6 Å². The molecule has 1 unspecified atom stereocenters. The maximum Gasteiger partial charge on any atom is 0.414 e. The molecule has 2 amide bonds. The zero-order chi connectivity index (χ0) is 24.9. The summed E-state index contributed by atoms with van der Waals surface area (Å²) < 4.78 is 16.2. The number of carbonyl (C=O) groups is 2. The molecular formula is C27H35N3O5. The Morgan fingerprint density at radius 1 is 1.00 bits per heavy atom. The van der Waals surface area contributed by atoms with Crippen LogP contribution in [0.5, 0.6) is 17.2 Å². The predicted octanol–water partition coefficient (Wildman–Crippen LogP) is 3.01. The van der Waals surface area contributed by atoms with Crippen molar-refractivity contribution in [3.8, 4) is 17.2 Å². The Kier molecular flexibility index (Phi) is 7.80. The lowest BCUT2D eigenvalue weighted by Crippen LogP contribution is -2.36. The molecule has 0 fully saturated rings. The van der Waals surface area contributed by atoms with Gasteiger partial charge in [0.05, 0.1) is 14.2 Å². The maximum atomic E-state index is 12.9. The Labute approximate surface area is 207 Å². The first-order chi connectivity index (χ1) is 16.9. The number of amides is 2. The number of methoxy groups -OCH3 is 2. The molecule has 35 heavy (non-hydrogen) atoms. The van der Waals surface area contributed by atoms with Gasteiger partial charge in [-0.1, -0.05) is 6.07 Å². The molecule has 0 spiro atoms. The maximum absolute atomic E-state index is 12.9. The van der Waals surface area contributed by atoms with Crippen molar-refractivity contribution in [2.45, 2.75) is 31.6 Å². The molecule has 0 radical (unpaired) electrons. The lowest BCUT2D eigenvalue weighted by molar-refractivity contribution is -0.131. The van der Waals surface area contributed by atoms with Crippen molar-refractivity contribution >= 4 is 12.0 Å². The van der Waals surface area contributed by atoms with E-state index >= 15 is 0 Å². The second kappa shape index (κ2) is 11.0. The van der Waals surface area contributed by atoms with E-state index in [1.54, 1.807) is 28.3 Å². The summed E-state index contributed by atoms with van der Waals surface area (Å²) >= 11 is 0. The van der Waals surface area contributed by atoms with Crippen LogP contribution in [0.25, 0.3) is 0 Å². The summed E-state index contributed by atoms with van der Waals surface area (Å²) in [5.41, 5.74) is 4.93. The number of hydrogen-bond donors (Lipinski definition) is 1. The summed E-state index contributed by atoms with van der Waals surface area (Å²) in [5.74, 6) is 2.58. The van der Waals surface area contributed by atoms with Gasteiger partial charge in [0.25, 0.3) is 0 Å². The van der Waals surface area contributed by atoms with E-state index in [-0.39, 0.29) is 12.0 Å². The molecular weight excluding hydrogens is 446 g/mol. The summed E-state index contributed by atoms with van der Waals surface area (Å²) in [4.78, 5) is 28.0. The van der Waals surface area contributed by atoms with Gasteiger partial charge in [-0.3, -0.25) is 4.79 Å². The van der Waals surface area contributed by atoms with E-state index in [0.717, 1.165) is 37.3 Å². The van der Waals surface area contributed by atoms with Crippen molar-refractivity contribution in [3.63, 3.8) is 0 Å². The first-order valence-electron chi connectivity index (χ1n) is 12.1. The van der Waals surface area contributed by atoms with Crippen LogP contribution in [-0.2, 0) is 24.1 Å². The molecule has 1 N–H and O–H groups in total. The van der Waals surface area contributed by atoms with Crippen molar-refractivity contribution < 1.29 is 23.8 Å². The summed E-state index contributed by atoms with van der Waals surface area (Å²) in [6.45, 7) is 2.87. The lowest BCUT2D eigenvalue weighted by atomic mass is 9.77. The van der Waals surface area contributed by atoms with Crippen molar-refractivity contribution in [1.82, 2.24) is 15.1 Å². The van der Waals surface area contributed by atoms with Gasteiger partial charge in [-0.15, -0.1) is 0 Å². The molecule has 8 heteroatoms. The molecule has 2 aliphatic rings. The van der Waals surface area contributed by atoms with Crippen LogP contribution in [0.2, 0.25) is 0 Å². The molecule has 1 atom stereocenters. The van der Waals surface area contributed by atoms with Crippen molar-refractivity contribution in [3.05, 3.63) is 52.6 Å². The van der Waals surface area contributed by atoms with Crippen molar-refractivity contribution in [1.29, 1.82) is 0 Å². The van der Waals surface area contributed by atoms with Crippen LogP contribution in [0.15, 0.2) is 30.3 Å². The van der Waals surface area contributed by atoms with Crippen LogP contribution in [0.3, 0.4) is 0 Å². The number of rotatable bonds is 8. The highest BCUT2D eigenvalue weighted by molar-refractivity contribution is 5.76. The molecule has 1 aliphatic carbocycles. The van der Waals surface area contributed by atoms with E-state index in [1.165, 1.54) is 27.2 Å².